The van der Waals surface area contributed by atoms with Crippen molar-refractivity contribution in [3.05, 3.63) is 41.6 Å². The van der Waals surface area contributed by atoms with Gasteiger partial charge >= 0.3 is 0 Å². The smallest absolute Gasteiger partial charge is 0.107 e. The van der Waals surface area contributed by atoms with Crippen molar-refractivity contribution >= 4 is 13.3 Å². The van der Waals surface area contributed by atoms with Crippen LogP contribution in [0.4, 0.5) is 0 Å². The molecule has 1 rings (SSSR count). The monoisotopic (exact) mass is 304 g/mol. The summed E-state index contributed by atoms with van der Waals surface area (Å²) < 4.78 is 5.51. The Kier molecular flexibility index (Phi) is 7.40. The highest BCUT2D eigenvalue weighted by molar-refractivity contribution is 6.95. The van der Waals surface area contributed by atoms with E-state index in [1.165, 1.54) is 24.4 Å². The van der Waals surface area contributed by atoms with Crippen LogP contribution in [0.5, 0.6) is 0 Å². The van der Waals surface area contributed by atoms with Gasteiger partial charge in [-0.3, -0.25) is 0 Å². The minimum absolute atomic E-state index is 0.280. The maximum absolute atomic E-state index is 5.51. The summed E-state index contributed by atoms with van der Waals surface area (Å²) >= 11 is 0. The van der Waals surface area contributed by atoms with Crippen LogP contribution in [-0.4, -0.2) is 21.3 Å². The summed E-state index contributed by atoms with van der Waals surface area (Å²) in [6.45, 7) is 11.7. The zero-order valence-corrected chi connectivity index (χ0v) is 15.6. The predicted octanol–water partition coefficient (Wildman–Crippen LogP) is 4.93. The van der Waals surface area contributed by atoms with Gasteiger partial charge in [0.05, 0.1) is 6.10 Å². The molecule has 2 atom stereocenters. The van der Waals surface area contributed by atoms with Gasteiger partial charge in [-0.15, -0.1) is 0 Å². The fraction of sp³-hybridized carbons (Fsp3) is 0.579. The molecule has 21 heavy (non-hydrogen) atoms. The molecule has 0 heterocycles. The van der Waals surface area contributed by atoms with Crippen molar-refractivity contribution in [2.45, 2.75) is 59.2 Å². The second-order valence-electron chi connectivity index (χ2n) is 6.59. The maximum Gasteiger partial charge on any atom is 0.107 e. The Morgan fingerprint density at radius 1 is 1.19 bits per heavy atom. The van der Waals surface area contributed by atoms with Crippen LogP contribution >= 0.6 is 0 Å². The van der Waals surface area contributed by atoms with E-state index in [4.69, 9.17) is 4.74 Å². The highest BCUT2D eigenvalue weighted by atomic mass is 28.3. The lowest BCUT2D eigenvalue weighted by atomic mass is 10.0. The van der Waals surface area contributed by atoms with Gasteiger partial charge in [-0.2, -0.15) is 0 Å². The lowest BCUT2D eigenvalue weighted by Crippen LogP contribution is -2.44. The highest BCUT2D eigenvalue weighted by Gasteiger charge is 2.28. The molecule has 0 saturated heterocycles. The van der Waals surface area contributed by atoms with Gasteiger partial charge in [-0.1, -0.05) is 86.6 Å². The fourth-order valence-electron chi connectivity index (χ4n) is 2.68. The van der Waals surface area contributed by atoms with Crippen molar-refractivity contribution in [1.82, 2.24) is 0 Å². The zero-order chi connectivity index (χ0) is 15.9. The first-order chi connectivity index (χ1) is 9.93. The van der Waals surface area contributed by atoms with E-state index in [9.17, 15) is 0 Å². The van der Waals surface area contributed by atoms with Crippen LogP contribution in [0.3, 0.4) is 0 Å². The first kappa shape index (κ1) is 18.2. The van der Waals surface area contributed by atoms with Gasteiger partial charge in [-0.25, -0.2) is 0 Å². The number of hydrogen-bond acceptors (Lipinski definition) is 1. The van der Waals surface area contributed by atoms with E-state index in [0.29, 0.717) is 5.92 Å². The minimum atomic E-state index is -1.56. The summed E-state index contributed by atoms with van der Waals surface area (Å²) in [6.07, 6.45) is 6.55. The summed E-state index contributed by atoms with van der Waals surface area (Å²) in [5, 5.41) is 3.21. The topological polar surface area (TPSA) is 9.23 Å². The molecule has 1 nitrogen and oxygen atoms in total. The number of ether oxygens (including phenoxy) is 1. The summed E-state index contributed by atoms with van der Waals surface area (Å²) in [4.78, 5) is 0. The van der Waals surface area contributed by atoms with E-state index in [1.807, 2.05) is 0 Å². The van der Waals surface area contributed by atoms with Crippen LogP contribution in [0, 0.1) is 5.92 Å². The third-order valence-corrected chi connectivity index (χ3v) is 8.47. The van der Waals surface area contributed by atoms with Crippen LogP contribution in [0.15, 0.2) is 41.6 Å². The number of allylic oxidation sites excluding steroid dienone is 1. The van der Waals surface area contributed by atoms with Gasteiger partial charge in [-0.05, 0) is 19.3 Å². The average molecular weight is 305 g/mol. The lowest BCUT2D eigenvalue weighted by Gasteiger charge is -2.29. The van der Waals surface area contributed by atoms with E-state index in [0.717, 1.165) is 0 Å². The lowest BCUT2D eigenvalue weighted by molar-refractivity contribution is 0.0897. The van der Waals surface area contributed by atoms with Crippen molar-refractivity contribution in [2.75, 3.05) is 7.11 Å². The summed E-state index contributed by atoms with van der Waals surface area (Å²) in [7, 11) is 0.244. The first-order valence-electron chi connectivity index (χ1n) is 8.23. The van der Waals surface area contributed by atoms with Crippen molar-refractivity contribution in [1.29, 1.82) is 0 Å². The molecule has 0 aromatic heterocycles. The maximum atomic E-state index is 5.51. The van der Waals surface area contributed by atoms with Crippen LogP contribution < -0.4 is 5.19 Å². The Morgan fingerprint density at radius 3 is 2.33 bits per heavy atom. The molecule has 0 fully saturated rings. The molecule has 0 unspecified atom stereocenters. The Hall–Kier alpha value is -0.863. The first-order valence-corrected chi connectivity index (χ1v) is 11.2. The molecule has 1 aromatic rings. The number of rotatable bonds is 8. The Labute approximate surface area is 132 Å². The van der Waals surface area contributed by atoms with Crippen molar-refractivity contribution in [2.24, 2.45) is 5.92 Å². The molecule has 0 spiro atoms. The molecule has 2 heteroatoms. The van der Waals surface area contributed by atoms with E-state index in [1.54, 1.807) is 12.3 Å². The molecule has 0 radical (unpaired) electrons. The van der Waals surface area contributed by atoms with Gasteiger partial charge in [0, 0.05) is 7.11 Å². The van der Waals surface area contributed by atoms with E-state index in [-0.39, 0.29) is 6.10 Å². The third-order valence-electron chi connectivity index (χ3n) is 4.67. The van der Waals surface area contributed by atoms with Crippen molar-refractivity contribution in [3.8, 4) is 0 Å². The van der Waals surface area contributed by atoms with Crippen molar-refractivity contribution < 1.29 is 4.74 Å². The largest absolute Gasteiger partial charge is 0.381 e. The van der Waals surface area contributed by atoms with Gasteiger partial charge in [0.2, 0.25) is 0 Å². The Morgan fingerprint density at radius 2 is 1.81 bits per heavy atom. The third kappa shape index (κ3) is 5.12. The van der Waals surface area contributed by atoms with Gasteiger partial charge < -0.3 is 4.74 Å². The fourth-order valence-corrected chi connectivity index (χ4v) is 5.56. The minimum Gasteiger partial charge on any atom is -0.381 e. The molecule has 0 amide bonds. The summed E-state index contributed by atoms with van der Waals surface area (Å²) in [6, 6.07) is 11.1. The van der Waals surface area contributed by atoms with Gasteiger partial charge in [0.15, 0.2) is 0 Å². The molecule has 0 bridgehead atoms. The molecule has 1 aromatic carbocycles. The highest BCUT2D eigenvalue weighted by Crippen LogP contribution is 2.24. The summed E-state index contributed by atoms with van der Waals surface area (Å²) in [5.74, 6) is 0.470. The second-order valence-corrected chi connectivity index (χ2v) is 11.1. The normalized spacial score (nSPS) is 15.8. The standard InChI is InChI=1S/C19H32OSi/c1-7-8-12-19(15-16(2)17(3)20-4)21(5,6)18-13-10-9-11-14-18/h9-11,13-17H,7-8,12H2,1-6H3/b19-15+/t16-,17-/m0/s1. The zero-order valence-electron chi connectivity index (χ0n) is 14.6. The number of unbranched alkanes of at least 4 members (excludes halogenated alkanes) is 1. The quantitative estimate of drug-likeness (QED) is 0.619. The average Bonchev–Trinajstić information content (AvgIpc) is 2.50. The molecule has 0 aliphatic heterocycles. The number of hydrogen-bond donors (Lipinski definition) is 0. The molecule has 0 aliphatic carbocycles. The van der Waals surface area contributed by atoms with Crippen LogP contribution in [0.1, 0.15) is 40.0 Å². The summed E-state index contributed by atoms with van der Waals surface area (Å²) in [5.41, 5.74) is 0. The van der Waals surface area contributed by atoms with Crippen molar-refractivity contribution in [3.63, 3.8) is 0 Å². The molecule has 118 valence electrons. The van der Waals surface area contributed by atoms with Gasteiger partial charge in [0.1, 0.15) is 8.07 Å². The van der Waals surface area contributed by atoms with Gasteiger partial charge in [0.25, 0.3) is 0 Å². The Balaban J connectivity index is 3.09. The second kappa shape index (κ2) is 8.55. The molecular weight excluding hydrogens is 272 g/mol. The Bertz CT molecular complexity index is 436. The van der Waals surface area contributed by atoms with Crippen LogP contribution in [-0.2, 0) is 4.74 Å². The number of methoxy groups -OCH3 is 1. The van der Waals surface area contributed by atoms with Crippen LogP contribution in [0.25, 0.3) is 0 Å². The molecule has 0 saturated carbocycles. The number of benzene rings is 1. The van der Waals surface area contributed by atoms with Crippen LogP contribution in [0.2, 0.25) is 13.1 Å². The van der Waals surface area contributed by atoms with E-state index >= 15 is 0 Å². The predicted molar refractivity (Wildman–Crippen MR) is 96.8 cm³/mol. The SMILES string of the molecule is CCCC/C(=C\[C@H](C)[C@H](C)OC)[Si](C)(C)c1ccccc1. The molecular formula is C19H32OSi. The van der Waals surface area contributed by atoms with E-state index < -0.39 is 8.07 Å². The molecule has 0 aliphatic rings. The molecule has 0 N–H and O–H groups in total. The van der Waals surface area contributed by atoms with E-state index in [2.05, 4.69) is 70.3 Å².